The number of allylic oxidation sites excluding steroid dienone is 4. The molecular formula is C47H60Cl2Zr. The molecular weight excluding hydrogens is 727 g/mol. The predicted octanol–water partition coefficient (Wildman–Crippen LogP) is 11.6. The molecule has 0 fully saturated rings. The van der Waals surface area contributed by atoms with Crippen molar-refractivity contribution >= 4 is 38.8 Å². The minimum atomic E-state index is -5.00. The van der Waals surface area contributed by atoms with Crippen molar-refractivity contribution in [3.63, 3.8) is 0 Å². The van der Waals surface area contributed by atoms with Crippen LogP contribution in [-0.2, 0) is 35.5 Å². The molecule has 266 valence electrons. The van der Waals surface area contributed by atoms with Crippen molar-refractivity contribution in [2.24, 2.45) is 11.3 Å². The Labute approximate surface area is 317 Å². The van der Waals surface area contributed by atoms with Crippen LogP contribution >= 0.6 is 24.8 Å². The molecule has 0 aliphatic heterocycles. The summed E-state index contributed by atoms with van der Waals surface area (Å²) >= 11 is -5.00. The Balaban J connectivity index is 0.00000281. The second-order valence-corrected chi connectivity index (χ2v) is 31.0. The second-order valence-electron chi connectivity index (χ2n) is 18.3. The van der Waals surface area contributed by atoms with Gasteiger partial charge in [-0.15, -0.1) is 24.8 Å². The molecule has 0 saturated carbocycles. The number of rotatable bonds is 5. The van der Waals surface area contributed by atoms with E-state index in [4.69, 9.17) is 4.21 Å². The Morgan fingerprint density at radius 2 is 1.14 bits per heavy atom. The quantitative estimate of drug-likeness (QED) is 0.166. The summed E-state index contributed by atoms with van der Waals surface area (Å²) in [6.45, 7) is 28.1. The summed E-state index contributed by atoms with van der Waals surface area (Å²) in [6.07, 6.45) is 7.27. The summed E-state index contributed by atoms with van der Waals surface area (Å²) in [4.78, 5) is 0. The van der Waals surface area contributed by atoms with Gasteiger partial charge in [0, 0.05) is 0 Å². The van der Waals surface area contributed by atoms with E-state index in [-0.39, 0.29) is 41.1 Å². The van der Waals surface area contributed by atoms with Gasteiger partial charge in [0.2, 0.25) is 0 Å². The van der Waals surface area contributed by atoms with Gasteiger partial charge in [0.1, 0.15) is 0 Å². The zero-order valence-electron chi connectivity index (χ0n) is 32.7. The van der Waals surface area contributed by atoms with Gasteiger partial charge in [-0.25, -0.2) is 0 Å². The maximum absolute atomic E-state index is 5.90. The number of fused-ring (bicyclic) bond motifs is 3. The van der Waals surface area contributed by atoms with Crippen molar-refractivity contribution < 1.29 is 18.3 Å². The zero-order valence-corrected chi connectivity index (χ0v) is 36.8. The summed E-state index contributed by atoms with van der Waals surface area (Å²) in [7, 11) is 0. The van der Waals surface area contributed by atoms with Gasteiger partial charge in [-0.2, -0.15) is 0 Å². The average Bonchev–Trinajstić information content (AvgIpc) is 3.62. The van der Waals surface area contributed by atoms with E-state index in [9.17, 15) is 0 Å². The molecule has 6 rings (SSSR count). The van der Waals surface area contributed by atoms with E-state index in [1.54, 1.807) is 3.28 Å². The molecule has 0 aromatic heterocycles. The van der Waals surface area contributed by atoms with Crippen LogP contribution in [0.25, 0.3) is 11.1 Å². The Hall–Kier alpha value is -2.31. The van der Waals surface area contributed by atoms with E-state index in [2.05, 4.69) is 174 Å². The third-order valence-corrected chi connectivity index (χ3v) is 28.1. The van der Waals surface area contributed by atoms with Gasteiger partial charge >= 0.3 is 295 Å². The molecule has 50 heavy (non-hydrogen) atoms. The van der Waals surface area contributed by atoms with E-state index < -0.39 is 18.3 Å². The molecule has 0 saturated heterocycles. The van der Waals surface area contributed by atoms with E-state index in [0.717, 1.165) is 12.8 Å². The first-order valence-electron chi connectivity index (χ1n) is 18.2. The van der Waals surface area contributed by atoms with Gasteiger partial charge in [0.25, 0.3) is 0 Å². The first-order valence-corrected chi connectivity index (χ1v) is 24.9. The minimum absolute atomic E-state index is 0. The van der Waals surface area contributed by atoms with Crippen LogP contribution in [-0.4, -0.2) is 4.21 Å². The second kappa shape index (κ2) is 13.6. The molecule has 3 heteroatoms. The summed E-state index contributed by atoms with van der Waals surface area (Å²) in [5, 5.41) is 0. The first kappa shape index (κ1) is 40.5. The van der Waals surface area contributed by atoms with Crippen LogP contribution in [0.15, 0.2) is 99.9 Å². The van der Waals surface area contributed by atoms with E-state index in [1.165, 1.54) is 59.9 Å². The molecule has 0 nitrogen and oxygen atoms in total. The Morgan fingerprint density at radius 3 is 1.60 bits per heavy atom. The molecule has 0 bridgehead atoms. The molecule has 4 aromatic carbocycles. The molecule has 0 radical (unpaired) electrons. The molecule has 0 amide bonds. The Morgan fingerprint density at radius 1 is 0.640 bits per heavy atom. The summed E-state index contributed by atoms with van der Waals surface area (Å²) in [5.41, 5.74) is 12.8. The Kier molecular flexibility index (Phi) is 11.0. The standard InChI is InChI=1S/C21H25.C11H17.2C7H7.CH2.2ClH.Zr/c1-20(2,3)16-9-7-14-11-15-8-10-17(21(4,5)6)13-19(15)18(14)12-16;1-5-9-6-7-10(8-9)11(2,3)4;2*1-7-5-3-2-4-6-7;;;;/h7,9-10,12-13H,11H2,1-6H3;7-9H,5H2,1-4H3;2*3-6H,1H3;1H2;2*1H;. The fourth-order valence-electron chi connectivity index (χ4n) is 8.48. The molecule has 2 aliphatic carbocycles. The van der Waals surface area contributed by atoms with Crippen molar-refractivity contribution in [3.8, 4) is 11.1 Å². The number of halogens is 2. The summed E-state index contributed by atoms with van der Waals surface area (Å²) in [5.74, 6) is 0.343. The van der Waals surface area contributed by atoms with Crippen LogP contribution < -0.4 is 9.81 Å². The van der Waals surface area contributed by atoms with Crippen molar-refractivity contribution in [1.29, 1.82) is 0 Å². The van der Waals surface area contributed by atoms with Gasteiger partial charge in [-0.3, -0.25) is 0 Å². The van der Waals surface area contributed by atoms with Crippen molar-refractivity contribution in [3.05, 3.63) is 133 Å². The van der Waals surface area contributed by atoms with Crippen LogP contribution in [0.3, 0.4) is 0 Å². The fraction of sp³-hybridized carbons (Fsp3) is 0.383. The summed E-state index contributed by atoms with van der Waals surface area (Å²) in [6, 6.07) is 31.7. The predicted molar refractivity (Wildman–Crippen MR) is 224 cm³/mol. The van der Waals surface area contributed by atoms with Crippen LogP contribution in [0.1, 0.15) is 109 Å². The molecule has 2 aliphatic rings. The number of hydrogen-bond donors (Lipinski definition) is 0. The number of benzene rings is 4. The van der Waals surface area contributed by atoms with E-state index in [1.807, 2.05) is 0 Å². The topological polar surface area (TPSA) is 0 Å². The van der Waals surface area contributed by atoms with Crippen LogP contribution in [0.4, 0.5) is 0 Å². The fourth-order valence-corrected chi connectivity index (χ4v) is 24.9. The summed E-state index contributed by atoms with van der Waals surface area (Å²) < 4.78 is 11.9. The van der Waals surface area contributed by atoms with Gasteiger partial charge in [0.05, 0.1) is 0 Å². The zero-order chi connectivity index (χ0) is 35.1. The van der Waals surface area contributed by atoms with Gasteiger partial charge in [0.15, 0.2) is 0 Å². The number of aryl methyl sites for hydroxylation is 2. The Bertz CT molecular complexity index is 1980. The third kappa shape index (κ3) is 6.48. The van der Waals surface area contributed by atoms with Crippen molar-refractivity contribution in [2.75, 3.05) is 0 Å². The molecule has 4 aromatic rings. The van der Waals surface area contributed by atoms with Crippen LogP contribution in [0.2, 0.25) is 0 Å². The van der Waals surface area contributed by atoms with Crippen molar-refractivity contribution in [2.45, 2.75) is 107 Å². The van der Waals surface area contributed by atoms with E-state index >= 15 is 0 Å². The van der Waals surface area contributed by atoms with E-state index in [0.29, 0.717) is 5.92 Å². The molecule has 1 atom stereocenters. The normalized spacial score (nSPS) is 16.1. The van der Waals surface area contributed by atoms with Crippen LogP contribution in [0.5, 0.6) is 0 Å². The third-order valence-electron chi connectivity index (χ3n) is 11.8. The number of hydrogen-bond acceptors (Lipinski definition) is 0. The van der Waals surface area contributed by atoms with Crippen LogP contribution in [0, 0.1) is 25.2 Å². The maximum atomic E-state index is 5.90. The van der Waals surface area contributed by atoms with Gasteiger partial charge in [-0.1, -0.05) is 0 Å². The van der Waals surface area contributed by atoms with Crippen molar-refractivity contribution in [1.82, 2.24) is 0 Å². The SMILES string of the molecule is Cl.Cl.[CH2]=[Zr]([C]1=CC(C(C)(C)C)=CC1CC)([c]1ccc(C)cc1)([c]1ccc(C)cc1)[c]1cc(C(C)(C)C)cc2c1Cc1ccc(C(C)(C)C)cc1-2. The molecule has 0 heterocycles. The van der Waals surface area contributed by atoms with Gasteiger partial charge < -0.3 is 0 Å². The van der Waals surface area contributed by atoms with Gasteiger partial charge in [-0.05, 0) is 0 Å². The monoisotopic (exact) mass is 784 g/mol. The molecule has 1 unspecified atom stereocenters. The molecule has 0 N–H and O–H groups in total. The average molecular weight is 787 g/mol. The first-order chi connectivity index (χ1) is 22.3. The molecule has 0 spiro atoms.